The van der Waals surface area contributed by atoms with E-state index in [4.69, 9.17) is 0 Å². The van der Waals surface area contributed by atoms with Crippen LogP contribution in [-0.4, -0.2) is 30.1 Å². The molecule has 20 heavy (non-hydrogen) atoms. The zero-order valence-electron chi connectivity index (χ0n) is 13.6. The normalized spacial score (nSPS) is 20.6. The zero-order valence-corrected chi connectivity index (χ0v) is 13.6. The number of nitrogens with zero attached hydrogens (tertiary/aromatic N) is 1. The summed E-state index contributed by atoms with van der Waals surface area (Å²) in [6.07, 6.45) is 4.07. The van der Waals surface area contributed by atoms with Gasteiger partial charge >= 0.3 is 0 Å². The largest absolute Gasteiger partial charge is 0.313 e. The minimum Gasteiger partial charge on any atom is -0.313 e. The smallest absolute Gasteiger partial charge is 0.0239 e. The van der Waals surface area contributed by atoms with E-state index in [1.165, 1.54) is 42.5 Å². The van der Waals surface area contributed by atoms with Gasteiger partial charge in [-0.25, -0.2) is 0 Å². The Morgan fingerprint density at radius 3 is 2.80 bits per heavy atom. The molecule has 112 valence electrons. The Hall–Kier alpha value is -0.860. The molecule has 0 amide bonds. The molecule has 1 aromatic rings. The zero-order chi connectivity index (χ0) is 14.5. The molecule has 0 aromatic heterocycles. The molecular formula is C18H30N2. The van der Waals surface area contributed by atoms with Gasteiger partial charge in [0.1, 0.15) is 0 Å². The van der Waals surface area contributed by atoms with Crippen molar-refractivity contribution in [3.63, 3.8) is 0 Å². The third kappa shape index (κ3) is 4.32. The number of piperidine rings is 1. The molecule has 2 nitrogen and oxygen atoms in total. The monoisotopic (exact) mass is 274 g/mol. The number of hydrogen-bond donors (Lipinski definition) is 1. The van der Waals surface area contributed by atoms with Crippen LogP contribution in [0, 0.1) is 13.8 Å². The summed E-state index contributed by atoms with van der Waals surface area (Å²) in [4.78, 5) is 2.68. The molecule has 1 aliphatic heterocycles. The van der Waals surface area contributed by atoms with Crippen molar-refractivity contribution < 1.29 is 0 Å². The summed E-state index contributed by atoms with van der Waals surface area (Å²) in [6, 6.07) is 8.12. The minimum atomic E-state index is 0.583. The predicted molar refractivity (Wildman–Crippen MR) is 87.1 cm³/mol. The molecule has 1 atom stereocenters. The summed E-state index contributed by atoms with van der Waals surface area (Å²) < 4.78 is 0. The van der Waals surface area contributed by atoms with Gasteiger partial charge in [-0.1, -0.05) is 44.0 Å². The number of nitrogens with one attached hydrogen (secondary N) is 1. The van der Waals surface area contributed by atoms with Crippen LogP contribution in [0.4, 0.5) is 0 Å². The van der Waals surface area contributed by atoms with Gasteiger partial charge in [-0.05, 0) is 44.4 Å². The Labute approximate surface area is 124 Å². The molecule has 1 saturated heterocycles. The van der Waals surface area contributed by atoms with E-state index in [9.17, 15) is 0 Å². The van der Waals surface area contributed by atoms with E-state index >= 15 is 0 Å². The van der Waals surface area contributed by atoms with Crippen LogP contribution >= 0.6 is 0 Å². The van der Waals surface area contributed by atoms with Gasteiger partial charge in [0.15, 0.2) is 0 Å². The fourth-order valence-electron chi connectivity index (χ4n) is 3.06. The molecule has 1 unspecified atom stereocenters. The first-order chi connectivity index (χ1) is 9.56. The Bertz CT molecular complexity index is 425. The van der Waals surface area contributed by atoms with Crippen LogP contribution in [0.2, 0.25) is 0 Å². The van der Waals surface area contributed by atoms with Gasteiger partial charge in [0, 0.05) is 25.2 Å². The van der Waals surface area contributed by atoms with Crippen molar-refractivity contribution in [1.82, 2.24) is 10.2 Å². The van der Waals surface area contributed by atoms with E-state index in [1.807, 2.05) is 0 Å². The standard InChI is InChI=1S/C18H30N2/c1-14(2)19-12-18-7-5-6-10-20(18)13-17-11-15(3)8-9-16(17)4/h8-9,11,14,18-19H,5-7,10,12-13H2,1-4H3. The second kappa shape index (κ2) is 7.24. The van der Waals surface area contributed by atoms with E-state index < -0.39 is 0 Å². The molecule has 1 aromatic carbocycles. The Morgan fingerprint density at radius 1 is 1.25 bits per heavy atom. The summed E-state index contributed by atoms with van der Waals surface area (Å²) in [6.45, 7) is 12.4. The maximum absolute atomic E-state index is 3.62. The Morgan fingerprint density at radius 2 is 2.05 bits per heavy atom. The van der Waals surface area contributed by atoms with Crippen LogP contribution < -0.4 is 5.32 Å². The van der Waals surface area contributed by atoms with Gasteiger partial charge in [0.2, 0.25) is 0 Å². The third-order valence-corrected chi connectivity index (χ3v) is 4.39. The molecule has 1 fully saturated rings. The lowest BCUT2D eigenvalue weighted by atomic mass is 9.99. The first-order valence-electron chi connectivity index (χ1n) is 8.10. The molecule has 1 N–H and O–H groups in total. The van der Waals surface area contributed by atoms with Gasteiger partial charge in [0.05, 0.1) is 0 Å². The van der Waals surface area contributed by atoms with Gasteiger partial charge in [0.25, 0.3) is 0 Å². The maximum atomic E-state index is 3.62. The fourth-order valence-corrected chi connectivity index (χ4v) is 3.06. The Kier molecular flexibility index (Phi) is 5.62. The van der Waals surface area contributed by atoms with Crippen molar-refractivity contribution in [2.45, 2.75) is 65.6 Å². The second-order valence-corrected chi connectivity index (χ2v) is 6.61. The van der Waals surface area contributed by atoms with Crippen LogP contribution in [-0.2, 0) is 6.54 Å². The molecule has 1 heterocycles. The van der Waals surface area contributed by atoms with Gasteiger partial charge < -0.3 is 5.32 Å². The highest BCUT2D eigenvalue weighted by Crippen LogP contribution is 2.21. The molecular weight excluding hydrogens is 244 g/mol. The Balaban J connectivity index is 2.02. The third-order valence-electron chi connectivity index (χ3n) is 4.39. The SMILES string of the molecule is Cc1ccc(C)c(CN2CCCCC2CNC(C)C)c1. The first kappa shape index (κ1) is 15.5. The van der Waals surface area contributed by atoms with Crippen LogP contribution in [0.5, 0.6) is 0 Å². The highest BCUT2D eigenvalue weighted by molar-refractivity contribution is 5.30. The lowest BCUT2D eigenvalue weighted by Crippen LogP contribution is -2.46. The molecule has 2 heteroatoms. The summed E-state index contributed by atoms with van der Waals surface area (Å²) >= 11 is 0. The van der Waals surface area contributed by atoms with Gasteiger partial charge in [-0.3, -0.25) is 4.90 Å². The van der Waals surface area contributed by atoms with E-state index in [0.717, 1.165) is 13.1 Å². The second-order valence-electron chi connectivity index (χ2n) is 6.61. The predicted octanol–water partition coefficient (Wildman–Crippen LogP) is 3.66. The average Bonchev–Trinajstić information content (AvgIpc) is 2.42. The molecule has 0 radical (unpaired) electrons. The number of rotatable bonds is 5. The molecule has 0 aliphatic carbocycles. The summed E-state index contributed by atoms with van der Waals surface area (Å²) in [5.74, 6) is 0. The van der Waals surface area contributed by atoms with Crippen LogP contribution in [0.25, 0.3) is 0 Å². The molecule has 0 bridgehead atoms. The van der Waals surface area contributed by atoms with Crippen molar-refractivity contribution in [2.75, 3.05) is 13.1 Å². The summed E-state index contributed by atoms with van der Waals surface area (Å²) in [5.41, 5.74) is 4.30. The average molecular weight is 274 g/mol. The van der Waals surface area contributed by atoms with Crippen molar-refractivity contribution in [1.29, 1.82) is 0 Å². The number of likely N-dealkylation sites (tertiary alicyclic amines) is 1. The number of aryl methyl sites for hydroxylation is 2. The van der Waals surface area contributed by atoms with Crippen LogP contribution in [0.3, 0.4) is 0 Å². The van der Waals surface area contributed by atoms with E-state index in [0.29, 0.717) is 12.1 Å². The van der Waals surface area contributed by atoms with Crippen LogP contribution in [0.15, 0.2) is 18.2 Å². The first-order valence-corrected chi connectivity index (χ1v) is 8.10. The molecule has 1 aliphatic rings. The summed E-state index contributed by atoms with van der Waals surface area (Å²) in [5, 5.41) is 3.62. The van der Waals surface area contributed by atoms with Crippen molar-refractivity contribution in [3.8, 4) is 0 Å². The molecule has 0 spiro atoms. The van der Waals surface area contributed by atoms with Gasteiger partial charge in [-0.15, -0.1) is 0 Å². The van der Waals surface area contributed by atoms with E-state index in [2.05, 4.69) is 56.1 Å². The summed E-state index contributed by atoms with van der Waals surface area (Å²) in [7, 11) is 0. The van der Waals surface area contributed by atoms with E-state index in [1.54, 1.807) is 0 Å². The quantitative estimate of drug-likeness (QED) is 0.881. The maximum Gasteiger partial charge on any atom is 0.0239 e. The minimum absolute atomic E-state index is 0.583. The molecule has 2 rings (SSSR count). The lowest BCUT2D eigenvalue weighted by Gasteiger charge is -2.36. The van der Waals surface area contributed by atoms with Crippen molar-refractivity contribution in [3.05, 3.63) is 34.9 Å². The fraction of sp³-hybridized carbons (Fsp3) is 0.667. The lowest BCUT2D eigenvalue weighted by molar-refractivity contribution is 0.135. The van der Waals surface area contributed by atoms with Crippen molar-refractivity contribution in [2.24, 2.45) is 0 Å². The molecule has 0 saturated carbocycles. The van der Waals surface area contributed by atoms with E-state index in [-0.39, 0.29) is 0 Å². The number of hydrogen-bond acceptors (Lipinski definition) is 2. The highest BCUT2D eigenvalue weighted by atomic mass is 15.2. The van der Waals surface area contributed by atoms with Crippen molar-refractivity contribution >= 4 is 0 Å². The van der Waals surface area contributed by atoms with Gasteiger partial charge in [-0.2, -0.15) is 0 Å². The highest BCUT2D eigenvalue weighted by Gasteiger charge is 2.22. The van der Waals surface area contributed by atoms with Crippen LogP contribution in [0.1, 0.15) is 49.8 Å². The number of benzene rings is 1. The topological polar surface area (TPSA) is 15.3 Å².